The predicted molar refractivity (Wildman–Crippen MR) is 99.9 cm³/mol. The second kappa shape index (κ2) is 7.85. The molecule has 2 aromatic carbocycles. The summed E-state index contributed by atoms with van der Waals surface area (Å²) in [5.41, 5.74) is 2.15. The van der Waals surface area contributed by atoms with E-state index in [-0.39, 0.29) is 18.1 Å². The third-order valence-corrected chi connectivity index (χ3v) is 4.55. The summed E-state index contributed by atoms with van der Waals surface area (Å²) in [6.45, 7) is 5.27. The summed E-state index contributed by atoms with van der Waals surface area (Å²) in [5.74, 6) is -0.599. The number of halogens is 2. The molecule has 0 aliphatic carbocycles. The summed E-state index contributed by atoms with van der Waals surface area (Å²) in [7, 11) is 0. The fourth-order valence-corrected chi connectivity index (χ4v) is 3.14. The molecule has 0 unspecified atom stereocenters. The van der Waals surface area contributed by atoms with E-state index in [0.717, 1.165) is 42.5 Å². The molecule has 0 aromatic heterocycles. The van der Waals surface area contributed by atoms with Crippen LogP contribution < -0.4 is 10.2 Å². The highest BCUT2D eigenvalue weighted by Crippen LogP contribution is 2.21. The second-order valence-corrected chi connectivity index (χ2v) is 6.71. The van der Waals surface area contributed by atoms with Crippen molar-refractivity contribution in [2.24, 2.45) is 0 Å². The number of hydrogen-bond donors (Lipinski definition) is 1. The molecule has 4 nitrogen and oxygen atoms in total. The van der Waals surface area contributed by atoms with E-state index in [1.807, 2.05) is 31.2 Å². The maximum Gasteiger partial charge on any atom is 0.238 e. The summed E-state index contributed by atoms with van der Waals surface area (Å²) in [4.78, 5) is 16.5. The first-order chi connectivity index (χ1) is 12.0. The molecule has 1 N–H and O–H groups in total. The molecule has 0 radical (unpaired) electrons. The van der Waals surface area contributed by atoms with Gasteiger partial charge in [-0.05, 0) is 42.8 Å². The number of aryl methyl sites for hydroxylation is 1. The lowest BCUT2D eigenvalue weighted by atomic mass is 10.2. The summed E-state index contributed by atoms with van der Waals surface area (Å²) >= 11 is 6.04. The van der Waals surface area contributed by atoms with Crippen LogP contribution in [0.4, 0.5) is 15.8 Å². The normalized spacial score (nSPS) is 15.2. The van der Waals surface area contributed by atoms with E-state index in [1.165, 1.54) is 6.07 Å². The van der Waals surface area contributed by atoms with Crippen molar-refractivity contribution in [1.29, 1.82) is 0 Å². The largest absolute Gasteiger partial charge is 0.369 e. The van der Waals surface area contributed by atoms with E-state index < -0.39 is 5.82 Å². The third kappa shape index (κ3) is 4.71. The predicted octanol–water partition coefficient (Wildman–Crippen LogP) is 3.55. The van der Waals surface area contributed by atoms with Gasteiger partial charge in [0, 0.05) is 36.9 Å². The molecule has 1 aliphatic rings. The van der Waals surface area contributed by atoms with Crippen molar-refractivity contribution in [3.63, 3.8) is 0 Å². The van der Waals surface area contributed by atoms with E-state index in [9.17, 15) is 9.18 Å². The number of rotatable bonds is 4. The Hall–Kier alpha value is -2.11. The molecular formula is C19H21ClFN3O. The molecule has 132 valence electrons. The van der Waals surface area contributed by atoms with Crippen LogP contribution in [0.2, 0.25) is 5.02 Å². The number of piperazine rings is 1. The molecule has 0 spiro atoms. The molecule has 2 aromatic rings. The first kappa shape index (κ1) is 17.7. The lowest BCUT2D eigenvalue weighted by molar-refractivity contribution is -0.117. The van der Waals surface area contributed by atoms with Crippen molar-refractivity contribution in [1.82, 2.24) is 4.90 Å². The summed E-state index contributed by atoms with van der Waals surface area (Å²) in [5, 5.41) is 3.37. The minimum atomic E-state index is -0.404. The van der Waals surface area contributed by atoms with Gasteiger partial charge in [0.1, 0.15) is 5.82 Å². The van der Waals surface area contributed by atoms with E-state index in [2.05, 4.69) is 15.1 Å². The van der Waals surface area contributed by atoms with Gasteiger partial charge >= 0.3 is 0 Å². The number of nitrogens with one attached hydrogen (secondary N) is 1. The van der Waals surface area contributed by atoms with E-state index in [4.69, 9.17) is 11.6 Å². The van der Waals surface area contributed by atoms with Crippen molar-refractivity contribution >= 4 is 28.9 Å². The average molecular weight is 362 g/mol. The van der Waals surface area contributed by atoms with Crippen molar-refractivity contribution in [2.45, 2.75) is 6.92 Å². The van der Waals surface area contributed by atoms with E-state index >= 15 is 0 Å². The van der Waals surface area contributed by atoms with Gasteiger partial charge in [0.05, 0.1) is 12.2 Å². The standard InChI is InChI=1S/C19H21ClFN3O/c1-14-5-6-18(17(21)11-14)22-19(25)13-23-7-9-24(10-8-23)16-4-2-3-15(20)12-16/h2-6,11-12H,7-10,13H2,1H3,(H,22,25). The van der Waals surface area contributed by atoms with Gasteiger partial charge < -0.3 is 10.2 Å². The van der Waals surface area contributed by atoms with Gasteiger partial charge in [-0.25, -0.2) is 4.39 Å². The topological polar surface area (TPSA) is 35.6 Å². The SMILES string of the molecule is Cc1ccc(NC(=O)CN2CCN(c3cccc(Cl)c3)CC2)c(F)c1. The average Bonchev–Trinajstić information content (AvgIpc) is 2.58. The van der Waals surface area contributed by atoms with Crippen molar-refractivity contribution in [2.75, 3.05) is 42.9 Å². The molecule has 1 saturated heterocycles. The molecule has 0 bridgehead atoms. The Morgan fingerprint density at radius 1 is 1.16 bits per heavy atom. The molecule has 1 fully saturated rings. The van der Waals surface area contributed by atoms with Crippen LogP contribution in [0.25, 0.3) is 0 Å². The monoisotopic (exact) mass is 361 g/mol. The van der Waals surface area contributed by atoms with Crippen molar-refractivity contribution in [3.05, 3.63) is 58.9 Å². The maximum absolute atomic E-state index is 13.8. The number of anilines is 2. The Labute approximate surface area is 152 Å². The number of carbonyl (C=O) groups is 1. The van der Waals surface area contributed by atoms with Gasteiger partial charge in [-0.1, -0.05) is 23.7 Å². The van der Waals surface area contributed by atoms with Crippen LogP contribution in [-0.2, 0) is 4.79 Å². The highest BCUT2D eigenvalue weighted by molar-refractivity contribution is 6.30. The number of hydrogen-bond acceptors (Lipinski definition) is 3. The van der Waals surface area contributed by atoms with Gasteiger partial charge in [0.15, 0.2) is 0 Å². The van der Waals surface area contributed by atoms with Crippen LogP contribution >= 0.6 is 11.6 Å². The summed E-state index contributed by atoms with van der Waals surface area (Å²) < 4.78 is 13.8. The van der Waals surface area contributed by atoms with E-state index in [1.54, 1.807) is 12.1 Å². The fourth-order valence-electron chi connectivity index (χ4n) is 2.95. The number of amides is 1. The number of benzene rings is 2. The Bertz CT molecular complexity index is 760. The third-order valence-electron chi connectivity index (χ3n) is 4.31. The summed E-state index contributed by atoms with van der Waals surface area (Å²) in [6, 6.07) is 12.6. The van der Waals surface area contributed by atoms with Gasteiger partial charge in [0.2, 0.25) is 5.91 Å². The Morgan fingerprint density at radius 3 is 2.60 bits per heavy atom. The van der Waals surface area contributed by atoms with Crippen LogP contribution in [0.5, 0.6) is 0 Å². The molecule has 3 rings (SSSR count). The Balaban J connectivity index is 1.51. The minimum Gasteiger partial charge on any atom is -0.369 e. The van der Waals surface area contributed by atoms with Crippen LogP contribution in [0.3, 0.4) is 0 Å². The van der Waals surface area contributed by atoms with Gasteiger partial charge in [-0.15, -0.1) is 0 Å². The lowest BCUT2D eigenvalue weighted by Crippen LogP contribution is -2.48. The van der Waals surface area contributed by atoms with Crippen LogP contribution in [0.1, 0.15) is 5.56 Å². The van der Waals surface area contributed by atoms with Crippen LogP contribution in [-0.4, -0.2) is 43.5 Å². The van der Waals surface area contributed by atoms with Crippen molar-refractivity contribution < 1.29 is 9.18 Å². The molecule has 1 heterocycles. The molecule has 6 heteroatoms. The number of nitrogens with zero attached hydrogens (tertiary/aromatic N) is 2. The Morgan fingerprint density at radius 2 is 1.92 bits per heavy atom. The first-order valence-corrected chi connectivity index (χ1v) is 8.68. The molecule has 0 atom stereocenters. The Kier molecular flexibility index (Phi) is 5.56. The number of carbonyl (C=O) groups excluding carboxylic acids is 1. The molecule has 1 amide bonds. The highest BCUT2D eigenvalue weighted by atomic mass is 35.5. The van der Waals surface area contributed by atoms with Crippen molar-refractivity contribution in [3.8, 4) is 0 Å². The first-order valence-electron chi connectivity index (χ1n) is 8.30. The van der Waals surface area contributed by atoms with Gasteiger partial charge in [0.25, 0.3) is 0 Å². The molecule has 0 saturated carbocycles. The van der Waals surface area contributed by atoms with Gasteiger partial charge in [-0.3, -0.25) is 9.69 Å². The van der Waals surface area contributed by atoms with E-state index in [0.29, 0.717) is 0 Å². The zero-order valence-electron chi connectivity index (χ0n) is 14.1. The minimum absolute atomic E-state index is 0.195. The fraction of sp³-hybridized carbons (Fsp3) is 0.316. The maximum atomic E-state index is 13.8. The lowest BCUT2D eigenvalue weighted by Gasteiger charge is -2.35. The molecular weight excluding hydrogens is 341 g/mol. The van der Waals surface area contributed by atoms with Crippen LogP contribution in [0.15, 0.2) is 42.5 Å². The second-order valence-electron chi connectivity index (χ2n) is 6.27. The zero-order chi connectivity index (χ0) is 17.8. The van der Waals surface area contributed by atoms with Gasteiger partial charge in [-0.2, -0.15) is 0 Å². The molecule has 1 aliphatic heterocycles. The summed E-state index contributed by atoms with van der Waals surface area (Å²) in [6.07, 6.45) is 0. The zero-order valence-corrected chi connectivity index (χ0v) is 14.9. The highest BCUT2D eigenvalue weighted by Gasteiger charge is 2.19. The smallest absolute Gasteiger partial charge is 0.238 e. The molecule has 25 heavy (non-hydrogen) atoms. The van der Waals surface area contributed by atoms with Crippen LogP contribution in [0, 0.1) is 12.7 Å². The quantitative estimate of drug-likeness (QED) is 0.904.